The maximum Gasteiger partial charge on any atom is 0.163 e. The van der Waals surface area contributed by atoms with E-state index >= 15 is 0 Å². The summed E-state index contributed by atoms with van der Waals surface area (Å²) in [6.07, 6.45) is 4.65. The van der Waals surface area contributed by atoms with Gasteiger partial charge in [0.2, 0.25) is 0 Å². The molecular weight excluding hydrogens is 276 g/mol. The molecule has 0 aromatic carbocycles. The quantitative estimate of drug-likeness (QED) is 0.836. The Balaban J connectivity index is 1.57. The third-order valence-corrected chi connectivity index (χ3v) is 4.45. The van der Waals surface area contributed by atoms with Gasteiger partial charge in [0, 0.05) is 37.6 Å². The lowest BCUT2D eigenvalue weighted by molar-refractivity contribution is 0.290. The first-order valence-corrected chi connectivity index (χ1v) is 7.44. The molecule has 0 spiro atoms. The normalized spacial score (nSPS) is 22.9. The van der Waals surface area contributed by atoms with Crippen molar-refractivity contribution in [3.05, 3.63) is 42.1 Å². The molecule has 2 unspecified atom stereocenters. The molecule has 0 amide bonds. The predicted molar refractivity (Wildman–Crippen MR) is 82.6 cm³/mol. The monoisotopic (exact) mass is 292 g/mol. The first-order chi connectivity index (χ1) is 10.8. The number of nitriles is 1. The van der Waals surface area contributed by atoms with E-state index in [1.807, 2.05) is 31.3 Å². The highest BCUT2D eigenvalue weighted by Crippen LogP contribution is 2.38. The van der Waals surface area contributed by atoms with E-state index in [0.717, 1.165) is 30.4 Å². The number of pyridine rings is 1. The molecule has 0 aliphatic carbocycles. The molecule has 2 aromatic heterocycles. The molecule has 5 rings (SSSR count). The summed E-state index contributed by atoms with van der Waals surface area (Å²) in [5, 5.41) is 9.24. The van der Waals surface area contributed by atoms with Crippen molar-refractivity contribution in [2.24, 2.45) is 0 Å². The molecule has 2 atom stereocenters. The first kappa shape index (κ1) is 13.0. The second kappa shape index (κ2) is 4.95. The number of fused-ring (bicyclic) bond motifs is 2. The fraction of sp³-hybridized carbons (Fsp3) is 0.375. The van der Waals surface area contributed by atoms with Gasteiger partial charge in [-0.2, -0.15) is 5.26 Å². The summed E-state index contributed by atoms with van der Waals surface area (Å²) in [7, 11) is 0. The van der Waals surface area contributed by atoms with Crippen molar-refractivity contribution in [3.8, 4) is 6.07 Å². The molecule has 0 radical (unpaired) electrons. The third kappa shape index (κ3) is 1.98. The predicted octanol–water partition coefficient (Wildman–Crippen LogP) is 1.52. The Bertz CT molecular complexity index is 740. The first-order valence-electron chi connectivity index (χ1n) is 7.44. The van der Waals surface area contributed by atoms with Crippen LogP contribution >= 0.6 is 0 Å². The van der Waals surface area contributed by atoms with Crippen LogP contribution in [0.2, 0.25) is 0 Å². The molecule has 22 heavy (non-hydrogen) atoms. The molecule has 6 nitrogen and oxygen atoms in total. The Morgan fingerprint density at radius 2 is 2.00 bits per heavy atom. The molecule has 0 saturated carbocycles. The Labute approximate surface area is 129 Å². The van der Waals surface area contributed by atoms with Crippen molar-refractivity contribution in [1.82, 2.24) is 15.0 Å². The highest BCUT2D eigenvalue weighted by atomic mass is 15.4. The van der Waals surface area contributed by atoms with Gasteiger partial charge >= 0.3 is 0 Å². The van der Waals surface area contributed by atoms with Gasteiger partial charge in [0.25, 0.3) is 0 Å². The van der Waals surface area contributed by atoms with Crippen LogP contribution in [-0.4, -0.2) is 40.1 Å². The molecule has 6 heteroatoms. The molecule has 110 valence electrons. The van der Waals surface area contributed by atoms with E-state index in [2.05, 4.69) is 30.8 Å². The number of piperidine rings is 1. The zero-order valence-electron chi connectivity index (χ0n) is 12.3. The van der Waals surface area contributed by atoms with Crippen LogP contribution in [0.4, 0.5) is 11.5 Å². The van der Waals surface area contributed by atoms with Gasteiger partial charge in [-0.1, -0.05) is 0 Å². The van der Waals surface area contributed by atoms with E-state index < -0.39 is 0 Å². The second-order valence-electron chi connectivity index (χ2n) is 5.80. The van der Waals surface area contributed by atoms with E-state index in [4.69, 9.17) is 0 Å². The van der Waals surface area contributed by atoms with Crippen molar-refractivity contribution in [2.75, 3.05) is 22.9 Å². The van der Waals surface area contributed by atoms with Gasteiger partial charge < -0.3 is 9.80 Å². The minimum absolute atomic E-state index is 0.422. The summed E-state index contributed by atoms with van der Waals surface area (Å²) < 4.78 is 0. The van der Waals surface area contributed by atoms with E-state index in [-0.39, 0.29) is 0 Å². The van der Waals surface area contributed by atoms with Crippen LogP contribution in [-0.2, 0) is 0 Å². The number of aromatic nitrogens is 3. The van der Waals surface area contributed by atoms with Crippen molar-refractivity contribution in [2.45, 2.75) is 25.4 Å². The minimum atomic E-state index is 0.422. The van der Waals surface area contributed by atoms with E-state index in [1.165, 1.54) is 6.42 Å². The smallest absolute Gasteiger partial charge is 0.163 e. The van der Waals surface area contributed by atoms with Crippen molar-refractivity contribution in [1.29, 1.82) is 5.26 Å². The molecule has 3 saturated heterocycles. The lowest BCUT2D eigenvalue weighted by Crippen LogP contribution is -2.69. The Morgan fingerprint density at radius 1 is 1.18 bits per heavy atom. The summed E-state index contributed by atoms with van der Waals surface area (Å²) in [5.74, 6) is 1.79. The average Bonchev–Trinajstić information content (AvgIpc) is 2.55. The van der Waals surface area contributed by atoms with Crippen molar-refractivity contribution >= 4 is 11.5 Å². The Hall–Kier alpha value is -2.68. The average molecular weight is 292 g/mol. The van der Waals surface area contributed by atoms with Gasteiger partial charge in [-0.15, -0.1) is 0 Å². The highest BCUT2D eigenvalue weighted by molar-refractivity contribution is 5.61. The molecule has 0 N–H and O–H groups in total. The van der Waals surface area contributed by atoms with Crippen molar-refractivity contribution < 1.29 is 0 Å². The van der Waals surface area contributed by atoms with Gasteiger partial charge in [-0.05, 0) is 31.5 Å². The summed E-state index contributed by atoms with van der Waals surface area (Å²) in [6, 6.07) is 8.90. The third-order valence-electron chi connectivity index (χ3n) is 4.45. The van der Waals surface area contributed by atoms with Crippen LogP contribution in [0.15, 0.2) is 30.6 Å². The van der Waals surface area contributed by atoms with Gasteiger partial charge in [0.15, 0.2) is 5.69 Å². The number of hydrogen-bond acceptors (Lipinski definition) is 6. The molecule has 3 aliphatic heterocycles. The largest absolute Gasteiger partial charge is 0.359 e. The molecular formula is C16H16N6. The molecule has 2 bridgehead atoms. The van der Waals surface area contributed by atoms with Crippen LogP contribution in [0.5, 0.6) is 0 Å². The maximum absolute atomic E-state index is 9.24. The number of hydrogen-bond donors (Lipinski definition) is 0. The lowest BCUT2D eigenvalue weighted by atomic mass is 9.86. The highest BCUT2D eigenvalue weighted by Gasteiger charge is 2.45. The van der Waals surface area contributed by atoms with E-state index in [0.29, 0.717) is 17.8 Å². The van der Waals surface area contributed by atoms with E-state index in [9.17, 15) is 5.26 Å². The van der Waals surface area contributed by atoms with Crippen LogP contribution in [0.1, 0.15) is 17.9 Å². The summed E-state index contributed by atoms with van der Waals surface area (Å²) >= 11 is 0. The second-order valence-corrected chi connectivity index (χ2v) is 5.80. The molecule has 3 fully saturated rings. The Kier molecular flexibility index (Phi) is 2.93. The Morgan fingerprint density at radius 3 is 2.73 bits per heavy atom. The summed E-state index contributed by atoms with van der Waals surface area (Å²) in [4.78, 5) is 17.5. The van der Waals surface area contributed by atoms with Crippen LogP contribution in [0.3, 0.4) is 0 Å². The summed E-state index contributed by atoms with van der Waals surface area (Å²) in [5.41, 5.74) is 1.48. The van der Waals surface area contributed by atoms with Gasteiger partial charge in [-0.25, -0.2) is 15.0 Å². The molecule has 3 aliphatic rings. The van der Waals surface area contributed by atoms with Crippen LogP contribution in [0.25, 0.3) is 0 Å². The SMILES string of the molecule is Cc1nccc(N2CC3CC(C2)N3c2cccnc2C#N)n1. The fourth-order valence-electron chi connectivity index (χ4n) is 3.50. The maximum atomic E-state index is 9.24. The van der Waals surface area contributed by atoms with Crippen molar-refractivity contribution in [3.63, 3.8) is 0 Å². The number of nitrogens with zero attached hydrogens (tertiary/aromatic N) is 6. The minimum Gasteiger partial charge on any atom is -0.359 e. The molecule has 5 heterocycles. The number of rotatable bonds is 2. The fourth-order valence-corrected chi connectivity index (χ4v) is 3.50. The number of aryl methyl sites for hydroxylation is 1. The summed E-state index contributed by atoms with van der Waals surface area (Å²) in [6.45, 7) is 3.76. The number of piperazine rings is 1. The zero-order chi connectivity index (χ0) is 15.1. The topological polar surface area (TPSA) is 68.9 Å². The zero-order valence-corrected chi connectivity index (χ0v) is 12.3. The molecule has 2 aromatic rings. The number of anilines is 2. The van der Waals surface area contributed by atoms with Gasteiger partial charge in [0.05, 0.1) is 5.69 Å². The standard InChI is InChI=1S/C16H16N6/c1-11-18-6-4-16(20-11)21-9-12-7-13(10-21)22(12)15-3-2-5-19-14(15)8-17/h2-6,12-13H,7,9-10H2,1H3. The van der Waals surface area contributed by atoms with Crippen LogP contribution in [0, 0.1) is 18.3 Å². The van der Waals surface area contributed by atoms with E-state index in [1.54, 1.807) is 6.20 Å². The lowest BCUT2D eigenvalue weighted by Gasteiger charge is -2.57. The van der Waals surface area contributed by atoms with Gasteiger partial charge in [0.1, 0.15) is 17.7 Å². The van der Waals surface area contributed by atoms with Gasteiger partial charge in [-0.3, -0.25) is 0 Å². The van der Waals surface area contributed by atoms with Crippen LogP contribution < -0.4 is 9.80 Å².